The van der Waals surface area contributed by atoms with Crippen LogP contribution in [0, 0.1) is 12.3 Å². The second kappa shape index (κ2) is 4.70. The monoisotopic (exact) mass is 224 g/mol. The molecule has 0 unspecified atom stereocenters. The molecule has 3 N–H and O–H groups in total. The predicted octanol–water partition coefficient (Wildman–Crippen LogP) is 1.58. The van der Waals surface area contributed by atoms with Crippen LogP contribution in [-0.4, -0.2) is 11.9 Å². The number of rotatable bonds is 3. The largest absolute Gasteiger partial charge is 0.465 e. The molecule has 0 aliphatic rings. The molecule has 1 aromatic rings. The van der Waals surface area contributed by atoms with Crippen LogP contribution >= 0.6 is 0 Å². The molecule has 1 rings (SSSR count). The molecule has 0 aliphatic heterocycles. The van der Waals surface area contributed by atoms with Crippen molar-refractivity contribution in [2.75, 3.05) is 0 Å². The first-order valence-corrected chi connectivity index (χ1v) is 5.39. The first-order chi connectivity index (χ1) is 7.30. The fourth-order valence-corrected chi connectivity index (χ4v) is 1.26. The highest BCUT2D eigenvalue weighted by atomic mass is 16.3. The zero-order valence-corrected chi connectivity index (χ0v) is 10.3. The lowest BCUT2D eigenvalue weighted by molar-refractivity contribution is -0.124. The molecular formula is C12H20N2O2. The molecule has 16 heavy (non-hydrogen) atoms. The van der Waals surface area contributed by atoms with Crippen LogP contribution in [0.2, 0.25) is 0 Å². The summed E-state index contributed by atoms with van der Waals surface area (Å²) in [6.07, 6.45) is 0. The number of aryl methyl sites for hydroxylation is 1. The summed E-state index contributed by atoms with van der Waals surface area (Å²) in [5.41, 5.74) is 5.59. The van der Waals surface area contributed by atoms with Gasteiger partial charge in [-0.2, -0.15) is 0 Å². The number of hydrogen-bond donors (Lipinski definition) is 2. The van der Waals surface area contributed by atoms with E-state index in [2.05, 4.69) is 5.32 Å². The van der Waals surface area contributed by atoms with Gasteiger partial charge in [-0.3, -0.25) is 4.79 Å². The highest BCUT2D eigenvalue weighted by molar-refractivity contribution is 5.82. The zero-order valence-electron chi connectivity index (χ0n) is 10.3. The summed E-state index contributed by atoms with van der Waals surface area (Å²) in [4.78, 5) is 11.7. The van der Waals surface area contributed by atoms with E-state index in [0.29, 0.717) is 6.54 Å². The second-order valence-corrected chi connectivity index (χ2v) is 5.07. The van der Waals surface area contributed by atoms with Gasteiger partial charge in [0.15, 0.2) is 0 Å². The molecule has 0 aromatic carbocycles. The van der Waals surface area contributed by atoms with E-state index in [-0.39, 0.29) is 11.3 Å². The Labute approximate surface area is 96.2 Å². The minimum atomic E-state index is -0.511. The van der Waals surface area contributed by atoms with E-state index >= 15 is 0 Å². The summed E-state index contributed by atoms with van der Waals surface area (Å²) in [5.74, 6) is 1.43. The predicted molar refractivity (Wildman–Crippen MR) is 62.7 cm³/mol. The Morgan fingerprint density at radius 1 is 1.50 bits per heavy atom. The normalized spacial score (nSPS) is 13.6. The lowest BCUT2D eigenvalue weighted by Gasteiger charge is -2.25. The van der Waals surface area contributed by atoms with E-state index in [0.717, 1.165) is 11.5 Å². The third-order valence-corrected chi connectivity index (χ3v) is 2.45. The zero-order chi connectivity index (χ0) is 12.3. The summed E-state index contributed by atoms with van der Waals surface area (Å²) in [6, 6.07) is 3.20. The molecule has 1 heterocycles. The maximum absolute atomic E-state index is 11.7. The third-order valence-electron chi connectivity index (χ3n) is 2.45. The molecule has 0 aliphatic carbocycles. The minimum Gasteiger partial charge on any atom is -0.465 e. The van der Waals surface area contributed by atoms with Crippen LogP contribution in [0.25, 0.3) is 0 Å². The van der Waals surface area contributed by atoms with E-state index in [1.54, 1.807) is 0 Å². The van der Waals surface area contributed by atoms with Crippen LogP contribution in [0.5, 0.6) is 0 Å². The Bertz CT molecular complexity index is 363. The minimum absolute atomic E-state index is 0.151. The molecule has 0 saturated carbocycles. The van der Waals surface area contributed by atoms with Crippen molar-refractivity contribution in [1.29, 1.82) is 0 Å². The second-order valence-electron chi connectivity index (χ2n) is 5.07. The third kappa shape index (κ3) is 3.38. The van der Waals surface area contributed by atoms with Crippen molar-refractivity contribution in [3.05, 3.63) is 23.7 Å². The van der Waals surface area contributed by atoms with Crippen molar-refractivity contribution in [2.24, 2.45) is 11.1 Å². The maximum atomic E-state index is 11.7. The maximum Gasteiger partial charge on any atom is 0.237 e. The van der Waals surface area contributed by atoms with Crippen LogP contribution < -0.4 is 11.1 Å². The number of nitrogens with two attached hydrogens (primary N) is 1. The van der Waals surface area contributed by atoms with Gasteiger partial charge in [-0.05, 0) is 24.5 Å². The van der Waals surface area contributed by atoms with Crippen LogP contribution in [0.3, 0.4) is 0 Å². The fourth-order valence-electron chi connectivity index (χ4n) is 1.26. The van der Waals surface area contributed by atoms with Crippen molar-refractivity contribution in [3.8, 4) is 0 Å². The van der Waals surface area contributed by atoms with Crippen molar-refractivity contribution < 1.29 is 9.21 Å². The first kappa shape index (κ1) is 12.8. The SMILES string of the molecule is Cc1ccc(CNC(=O)[C@@H](N)C(C)(C)C)o1. The van der Waals surface area contributed by atoms with Crippen molar-refractivity contribution in [2.45, 2.75) is 40.3 Å². The van der Waals surface area contributed by atoms with Gasteiger partial charge in [0.2, 0.25) is 5.91 Å². The smallest absolute Gasteiger partial charge is 0.237 e. The Balaban J connectivity index is 2.47. The molecule has 4 nitrogen and oxygen atoms in total. The summed E-state index contributed by atoms with van der Waals surface area (Å²) >= 11 is 0. The Hall–Kier alpha value is -1.29. The van der Waals surface area contributed by atoms with E-state index in [4.69, 9.17) is 10.2 Å². The van der Waals surface area contributed by atoms with Gasteiger partial charge >= 0.3 is 0 Å². The standard InChI is InChI=1S/C12H20N2O2/c1-8-5-6-9(16-8)7-14-11(15)10(13)12(2,3)4/h5-6,10H,7,13H2,1-4H3,(H,14,15)/t10-/m1/s1. The van der Waals surface area contributed by atoms with E-state index in [9.17, 15) is 4.79 Å². The van der Waals surface area contributed by atoms with Crippen molar-refractivity contribution in [3.63, 3.8) is 0 Å². The molecule has 1 aromatic heterocycles. The van der Waals surface area contributed by atoms with Gasteiger partial charge in [-0.25, -0.2) is 0 Å². The van der Waals surface area contributed by atoms with E-state index < -0.39 is 6.04 Å². The summed E-state index contributed by atoms with van der Waals surface area (Å²) in [7, 11) is 0. The van der Waals surface area contributed by atoms with Crippen molar-refractivity contribution in [1.82, 2.24) is 5.32 Å². The molecular weight excluding hydrogens is 204 g/mol. The number of carbonyl (C=O) groups is 1. The molecule has 1 atom stereocenters. The van der Waals surface area contributed by atoms with Crippen LogP contribution in [0.15, 0.2) is 16.5 Å². The van der Waals surface area contributed by atoms with Gasteiger partial charge in [0.05, 0.1) is 12.6 Å². The summed E-state index contributed by atoms with van der Waals surface area (Å²) in [6.45, 7) is 8.07. The lowest BCUT2D eigenvalue weighted by atomic mass is 9.87. The van der Waals surface area contributed by atoms with Crippen LogP contribution in [0.1, 0.15) is 32.3 Å². The molecule has 0 saturated heterocycles. The molecule has 0 spiro atoms. The van der Waals surface area contributed by atoms with E-state index in [1.165, 1.54) is 0 Å². The van der Waals surface area contributed by atoms with Crippen molar-refractivity contribution >= 4 is 5.91 Å². The van der Waals surface area contributed by atoms with E-state index in [1.807, 2.05) is 39.8 Å². The van der Waals surface area contributed by atoms with Gasteiger partial charge in [0.25, 0.3) is 0 Å². The Kier molecular flexibility index (Phi) is 3.75. The average molecular weight is 224 g/mol. The van der Waals surface area contributed by atoms with Gasteiger partial charge in [0, 0.05) is 0 Å². The first-order valence-electron chi connectivity index (χ1n) is 5.39. The molecule has 0 fully saturated rings. The van der Waals surface area contributed by atoms with Gasteiger partial charge in [0.1, 0.15) is 11.5 Å². The Morgan fingerprint density at radius 2 is 2.12 bits per heavy atom. The fraction of sp³-hybridized carbons (Fsp3) is 0.583. The number of amides is 1. The average Bonchev–Trinajstić information content (AvgIpc) is 2.58. The van der Waals surface area contributed by atoms with Gasteiger partial charge in [-0.15, -0.1) is 0 Å². The lowest BCUT2D eigenvalue weighted by Crippen LogP contribution is -2.48. The Morgan fingerprint density at radius 3 is 2.56 bits per heavy atom. The number of furan rings is 1. The summed E-state index contributed by atoms with van der Waals surface area (Å²) < 4.78 is 5.34. The quantitative estimate of drug-likeness (QED) is 0.819. The molecule has 1 amide bonds. The number of nitrogens with one attached hydrogen (secondary N) is 1. The highest BCUT2D eigenvalue weighted by Crippen LogP contribution is 2.17. The molecule has 0 radical (unpaired) electrons. The van der Waals surface area contributed by atoms with Crippen LogP contribution in [0.4, 0.5) is 0 Å². The molecule has 4 heteroatoms. The summed E-state index contributed by atoms with van der Waals surface area (Å²) in [5, 5.41) is 2.76. The van der Waals surface area contributed by atoms with Crippen LogP contribution in [-0.2, 0) is 11.3 Å². The highest BCUT2D eigenvalue weighted by Gasteiger charge is 2.27. The van der Waals surface area contributed by atoms with Gasteiger partial charge < -0.3 is 15.5 Å². The number of carbonyl (C=O) groups excluding carboxylic acids is 1. The number of hydrogen-bond acceptors (Lipinski definition) is 3. The molecule has 90 valence electrons. The molecule has 0 bridgehead atoms. The topological polar surface area (TPSA) is 68.3 Å². The van der Waals surface area contributed by atoms with Gasteiger partial charge in [-0.1, -0.05) is 20.8 Å².